The Morgan fingerprint density at radius 1 is 1.33 bits per heavy atom. The van der Waals surface area contributed by atoms with E-state index in [1.165, 1.54) is 0 Å². The van der Waals surface area contributed by atoms with E-state index in [0.29, 0.717) is 43.9 Å². The van der Waals surface area contributed by atoms with Crippen molar-refractivity contribution in [2.45, 2.75) is 46.1 Å². The number of rotatable bonds is 10. The van der Waals surface area contributed by atoms with Gasteiger partial charge in [-0.15, -0.1) is 0 Å². The van der Waals surface area contributed by atoms with Gasteiger partial charge in [0.2, 0.25) is 5.88 Å². The van der Waals surface area contributed by atoms with Gasteiger partial charge in [-0.05, 0) is 52.5 Å². The number of pyridine rings is 1. The first-order valence-electron chi connectivity index (χ1n) is 8.63. The maximum Gasteiger partial charge on any atom is 0.256 e. The number of hydrogen-bond acceptors (Lipinski definition) is 5. The average Bonchev–Trinajstić information content (AvgIpc) is 3.38. The Labute approximate surface area is 143 Å². The molecular weight excluding hydrogens is 308 g/mol. The summed E-state index contributed by atoms with van der Waals surface area (Å²) in [5.74, 6) is 0.744. The Kier molecular flexibility index (Phi) is 6.57. The van der Waals surface area contributed by atoms with Crippen LogP contribution < -0.4 is 10.1 Å². The minimum atomic E-state index is -0.769. The molecule has 1 aromatic rings. The van der Waals surface area contributed by atoms with Gasteiger partial charge >= 0.3 is 0 Å². The molecular formula is C18H28N2O4. The molecule has 1 fully saturated rings. The van der Waals surface area contributed by atoms with Gasteiger partial charge in [-0.2, -0.15) is 0 Å². The molecule has 1 saturated carbocycles. The number of amides is 1. The minimum Gasteiger partial charge on any atom is -0.475 e. The van der Waals surface area contributed by atoms with E-state index in [1.807, 2.05) is 33.8 Å². The van der Waals surface area contributed by atoms with E-state index in [4.69, 9.17) is 14.2 Å². The zero-order valence-corrected chi connectivity index (χ0v) is 15.1. The fraction of sp³-hybridized carbons (Fsp3) is 0.667. The van der Waals surface area contributed by atoms with Gasteiger partial charge in [0, 0.05) is 18.8 Å². The maximum absolute atomic E-state index is 12.6. The number of anilines is 1. The number of aromatic nitrogens is 1. The van der Waals surface area contributed by atoms with Crippen LogP contribution in [-0.4, -0.2) is 42.9 Å². The van der Waals surface area contributed by atoms with Gasteiger partial charge in [-0.25, -0.2) is 4.98 Å². The lowest BCUT2D eigenvalue weighted by Gasteiger charge is -2.28. The molecule has 1 atom stereocenters. The molecule has 0 aliphatic heterocycles. The van der Waals surface area contributed by atoms with E-state index in [9.17, 15) is 4.79 Å². The molecule has 1 heterocycles. The highest BCUT2D eigenvalue weighted by atomic mass is 16.5. The molecule has 1 aromatic heterocycles. The van der Waals surface area contributed by atoms with Crippen molar-refractivity contribution in [1.29, 1.82) is 0 Å². The SMILES string of the molecule is CCOCCOc1ncc(NC(=O)[C@](C)(OCC)C2CC2)cc1C. The van der Waals surface area contributed by atoms with Crippen molar-refractivity contribution in [3.63, 3.8) is 0 Å². The summed E-state index contributed by atoms with van der Waals surface area (Å²) in [4.78, 5) is 16.9. The molecule has 0 aromatic carbocycles. The summed E-state index contributed by atoms with van der Waals surface area (Å²) in [5.41, 5.74) is 0.755. The molecule has 24 heavy (non-hydrogen) atoms. The summed E-state index contributed by atoms with van der Waals surface area (Å²) in [6.07, 6.45) is 3.68. The van der Waals surface area contributed by atoms with Gasteiger partial charge in [-0.3, -0.25) is 4.79 Å². The molecule has 6 heteroatoms. The van der Waals surface area contributed by atoms with E-state index in [0.717, 1.165) is 18.4 Å². The number of carbonyl (C=O) groups is 1. The molecule has 0 unspecified atom stereocenters. The first kappa shape index (κ1) is 18.7. The molecule has 1 aliphatic carbocycles. The molecule has 1 aliphatic rings. The highest BCUT2D eigenvalue weighted by Gasteiger charge is 2.48. The van der Waals surface area contributed by atoms with Crippen molar-refractivity contribution < 1.29 is 19.0 Å². The van der Waals surface area contributed by atoms with Crippen LogP contribution in [0.5, 0.6) is 5.88 Å². The van der Waals surface area contributed by atoms with Crippen LogP contribution in [0, 0.1) is 12.8 Å². The van der Waals surface area contributed by atoms with Crippen molar-refractivity contribution in [3.05, 3.63) is 17.8 Å². The van der Waals surface area contributed by atoms with Crippen molar-refractivity contribution in [2.75, 3.05) is 31.7 Å². The third kappa shape index (κ3) is 4.68. The molecule has 0 spiro atoms. The van der Waals surface area contributed by atoms with Gasteiger partial charge in [0.1, 0.15) is 12.2 Å². The van der Waals surface area contributed by atoms with Crippen LogP contribution in [0.15, 0.2) is 12.3 Å². The fourth-order valence-corrected chi connectivity index (χ4v) is 2.68. The van der Waals surface area contributed by atoms with Gasteiger partial charge in [0.05, 0.1) is 18.5 Å². The first-order valence-corrected chi connectivity index (χ1v) is 8.63. The minimum absolute atomic E-state index is 0.113. The second-order valence-electron chi connectivity index (χ2n) is 6.16. The smallest absolute Gasteiger partial charge is 0.256 e. The van der Waals surface area contributed by atoms with Crippen molar-refractivity contribution in [3.8, 4) is 5.88 Å². The van der Waals surface area contributed by atoms with Crippen molar-refractivity contribution in [2.24, 2.45) is 5.92 Å². The quantitative estimate of drug-likeness (QED) is 0.665. The lowest BCUT2D eigenvalue weighted by molar-refractivity contribution is -0.141. The van der Waals surface area contributed by atoms with E-state index in [2.05, 4.69) is 10.3 Å². The summed E-state index contributed by atoms with van der Waals surface area (Å²) in [7, 11) is 0. The molecule has 0 bridgehead atoms. The molecule has 0 radical (unpaired) electrons. The Morgan fingerprint density at radius 3 is 2.67 bits per heavy atom. The van der Waals surface area contributed by atoms with E-state index in [-0.39, 0.29) is 5.91 Å². The largest absolute Gasteiger partial charge is 0.475 e. The van der Waals surface area contributed by atoms with Crippen LogP contribution in [0.1, 0.15) is 39.2 Å². The van der Waals surface area contributed by atoms with Crippen LogP contribution in [0.2, 0.25) is 0 Å². The van der Waals surface area contributed by atoms with Gasteiger partial charge in [0.25, 0.3) is 5.91 Å². The Hall–Kier alpha value is -1.66. The molecule has 1 N–H and O–H groups in total. The second kappa shape index (κ2) is 8.44. The number of nitrogens with one attached hydrogen (secondary N) is 1. The van der Waals surface area contributed by atoms with Gasteiger partial charge in [-0.1, -0.05) is 0 Å². The molecule has 134 valence electrons. The number of hydrogen-bond donors (Lipinski definition) is 1. The highest BCUT2D eigenvalue weighted by molar-refractivity contribution is 5.97. The number of carbonyl (C=O) groups excluding carboxylic acids is 1. The predicted octanol–water partition coefficient (Wildman–Crippen LogP) is 2.95. The lowest BCUT2D eigenvalue weighted by atomic mass is 9.99. The van der Waals surface area contributed by atoms with Gasteiger partial charge < -0.3 is 19.5 Å². The number of aryl methyl sites for hydroxylation is 1. The summed E-state index contributed by atoms with van der Waals surface area (Å²) in [6, 6.07) is 1.86. The summed E-state index contributed by atoms with van der Waals surface area (Å²) in [5, 5.41) is 2.93. The zero-order chi connectivity index (χ0) is 17.6. The molecule has 1 amide bonds. The Bertz CT molecular complexity index is 560. The third-order valence-electron chi connectivity index (χ3n) is 4.21. The van der Waals surface area contributed by atoms with Gasteiger partial charge in [0.15, 0.2) is 0 Å². The van der Waals surface area contributed by atoms with Crippen LogP contribution in [0.25, 0.3) is 0 Å². The molecule has 6 nitrogen and oxygen atoms in total. The maximum atomic E-state index is 12.6. The predicted molar refractivity (Wildman–Crippen MR) is 92.3 cm³/mol. The normalized spacial score (nSPS) is 16.5. The number of ether oxygens (including phenoxy) is 3. The fourth-order valence-electron chi connectivity index (χ4n) is 2.68. The standard InChI is InChI=1S/C18H28N2O4/c1-5-22-9-10-23-16-13(3)11-15(12-19-16)20-17(21)18(4,24-6-2)14-7-8-14/h11-12,14H,5-10H2,1-4H3,(H,20,21)/t18-/m1/s1. The van der Waals surface area contributed by atoms with Crippen LogP contribution in [0.4, 0.5) is 5.69 Å². The monoisotopic (exact) mass is 336 g/mol. The molecule has 2 rings (SSSR count). The van der Waals surface area contributed by atoms with Crippen LogP contribution in [0.3, 0.4) is 0 Å². The number of nitrogens with zero attached hydrogens (tertiary/aromatic N) is 1. The second-order valence-corrected chi connectivity index (χ2v) is 6.16. The summed E-state index contributed by atoms with van der Waals surface area (Å²) >= 11 is 0. The lowest BCUT2D eigenvalue weighted by Crippen LogP contribution is -2.44. The van der Waals surface area contributed by atoms with E-state index in [1.54, 1.807) is 6.20 Å². The Morgan fingerprint density at radius 2 is 2.08 bits per heavy atom. The van der Waals surface area contributed by atoms with Crippen molar-refractivity contribution in [1.82, 2.24) is 4.98 Å². The van der Waals surface area contributed by atoms with Crippen LogP contribution in [-0.2, 0) is 14.3 Å². The topological polar surface area (TPSA) is 69.7 Å². The molecule has 0 saturated heterocycles. The third-order valence-corrected chi connectivity index (χ3v) is 4.21. The Balaban J connectivity index is 1.97. The average molecular weight is 336 g/mol. The van der Waals surface area contributed by atoms with E-state index < -0.39 is 5.60 Å². The summed E-state index contributed by atoms with van der Waals surface area (Å²) < 4.78 is 16.6. The first-order chi connectivity index (χ1) is 11.5. The van der Waals surface area contributed by atoms with Crippen molar-refractivity contribution >= 4 is 11.6 Å². The highest BCUT2D eigenvalue weighted by Crippen LogP contribution is 2.42. The van der Waals surface area contributed by atoms with Crippen LogP contribution >= 0.6 is 0 Å². The zero-order valence-electron chi connectivity index (χ0n) is 15.1. The summed E-state index contributed by atoms with van der Waals surface area (Å²) in [6.45, 7) is 9.80. The van der Waals surface area contributed by atoms with E-state index >= 15 is 0 Å².